The average Bonchev–Trinajstić information content (AvgIpc) is 3.43. The minimum Gasteiger partial charge on any atom is -0.466 e. The van der Waals surface area contributed by atoms with Crippen molar-refractivity contribution in [1.82, 2.24) is 5.32 Å². The quantitative estimate of drug-likeness (QED) is 0.0320. The molecule has 0 aliphatic carbocycles. The van der Waals surface area contributed by atoms with Crippen LogP contribution in [0.15, 0.2) is 24.3 Å². The number of allylic oxidation sites excluding steroid dienone is 3. The Balaban J connectivity index is 3.45. The van der Waals surface area contributed by atoms with Crippen molar-refractivity contribution >= 4 is 11.9 Å². The largest absolute Gasteiger partial charge is 0.466 e. The van der Waals surface area contributed by atoms with Crippen LogP contribution in [0.25, 0.3) is 0 Å². The number of unbranched alkanes of at least 4 members (excludes halogenated alkanes) is 53. The van der Waals surface area contributed by atoms with Gasteiger partial charge in [-0.05, 0) is 57.8 Å². The smallest absolute Gasteiger partial charge is 0.305 e. The molecule has 0 spiro atoms. The molecule has 0 aliphatic heterocycles. The minimum atomic E-state index is -0.855. The second-order valence-corrected chi connectivity index (χ2v) is 24.2. The van der Waals surface area contributed by atoms with Crippen molar-refractivity contribution in [2.75, 3.05) is 13.2 Å². The molecule has 1 amide bonds. The van der Waals surface area contributed by atoms with Crippen LogP contribution in [0.4, 0.5) is 0 Å². The first-order chi connectivity index (χ1) is 38.0. The van der Waals surface area contributed by atoms with E-state index in [0.29, 0.717) is 19.4 Å². The van der Waals surface area contributed by atoms with Gasteiger partial charge in [-0.2, -0.15) is 0 Å². The number of ether oxygens (including phenoxy) is 1. The van der Waals surface area contributed by atoms with E-state index in [1.807, 2.05) is 6.08 Å². The highest BCUT2D eigenvalue weighted by Gasteiger charge is 2.18. The third-order valence-corrected chi connectivity index (χ3v) is 16.5. The Labute approximate surface area is 481 Å². The zero-order valence-corrected chi connectivity index (χ0v) is 52.2. The van der Waals surface area contributed by atoms with Gasteiger partial charge in [0.2, 0.25) is 5.91 Å². The van der Waals surface area contributed by atoms with Crippen LogP contribution < -0.4 is 5.32 Å². The lowest BCUT2D eigenvalue weighted by molar-refractivity contribution is -0.143. The average molecular weight is 1080 g/mol. The fraction of sp³-hybridized carbons (Fsp3) is 0.915. The number of hydrogen-bond donors (Lipinski definition) is 3. The summed E-state index contributed by atoms with van der Waals surface area (Å²) in [5, 5.41) is 23.3. The van der Waals surface area contributed by atoms with Gasteiger partial charge in [-0.1, -0.05) is 346 Å². The van der Waals surface area contributed by atoms with Crippen LogP contribution >= 0.6 is 0 Å². The highest BCUT2D eigenvalue weighted by Crippen LogP contribution is 2.19. The Kier molecular flexibility index (Phi) is 65.4. The summed E-state index contributed by atoms with van der Waals surface area (Å²) < 4.78 is 5.50. The summed E-state index contributed by atoms with van der Waals surface area (Å²) in [7, 11) is 0. The van der Waals surface area contributed by atoms with Gasteiger partial charge in [0.1, 0.15) is 0 Å². The highest BCUT2D eigenvalue weighted by atomic mass is 16.5. The number of esters is 1. The SMILES string of the molecule is CCCCCCCCCCCCCCCCCCCCCCCC/C=C/C(O)C(CO)NC(=O)CCCCCCC/C=C\CCCCCCCCCCCOC(=O)CCCCCCCCCCCCCCCCCCCC. The van der Waals surface area contributed by atoms with Crippen LogP contribution in [0.3, 0.4) is 0 Å². The van der Waals surface area contributed by atoms with Crippen LogP contribution in [-0.4, -0.2) is 47.4 Å². The molecule has 0 saturated heterocycles. The molecule has 3 N–H and O–H groups in total. The number of rotatable bonds is 66. The monoisotopic (exact) mass is 1080 g/mol. The molecule has 0 aromatic heterocycles. The number of carbonyl (C=O) groups is 2. The fourth-order valence-electron chi connectivity index (χ4n) is 11.1. The number of amides is 1. The first-order valence-electron chi connectivity index (χ1n) is 35.1. The summed E-state index contributed by atoms with van der Waals surface area (Å²) in [6.07, 6.45) is 83.9. The maximum absolute atomic E-state index is 12.5. The fourth-order valence-corrected chi connectivity index (χ4v) is 11.1. The number of aliphatic hydroxyl groups is 2. The van der Waals surface area contributed by atoms with E-state index >= 15 is 0 Å². The lowest BCUT2D eigenvalue weighted by Gasteiger charge is -2.20. The third kappa shape index (κ3) is 63.4. The van der Waals surface area contributed by atoms with Crippen LogP contribution in [0.1, 0.15) is 393 Å². The summed E-state index contributed by atoms with van der Waals surface area (Å²) >= 11 is 0. The molecule has 0 bridgehead atoms. The molecule has 0 fully saturated rings. The van der Waals surface area contributed by atoms with E-state index in [-0.39, 0.29) is 18.5 Å². The van der Waals surface area contributed by atoms with E-state index in [4.69, 9.17) is 4.74 Å². The van der Waals surface area contributed by atoms with Crippen LogP contribution in [-0.2, 0) is 14.3 Å². The van der Waals surface area contributed by atoms with Gasteiger partial charge >= 0.3 is 5.97 Å². The van der Waals surface area contributed by atoms with E-state index in [1.54, 1.807) is 6.08 Å². The van der Waals surface area contributed by atoms with Crippen molar-refractivity contribution < 1.29 is 24.5 Å². The molecular weight excluding hydrogens is 947 g/mol. The molecule has 456 valence electrons. The number of nitrogens with one attached hydrogen (secondary N) is 1. The van der Waals surface area contributed by atoms with Crippen LogP contribution in [0.2, 0.25) is 0 Å². The molecule has 77 heavy (non-hydrogen) atoms. The standard InChI is InChI=1S/C71H137NO5/c1-3-5-7-9-11-13-15-17-19-21-23-24-25-26-27-28-31-35-39-43-47-51-55-59-63-69(74)68(67-73)72-70(75)64-60-56-52-48-44-40-36-32-29-30-34-38-42-46-50-54-58-62-66-77-71(76)65-61-57-53-49-45-41-37-33-22-20-18-16-14-12-10-8-6-4-2/h32,36,59,63,68-69,73-74H,3-31,33-35,37-58,60-62,64-67H2,1-2H3,(H,72,75)/b36-32-,63-59+. The maximum Gasteiger partial charge on any atom is 0.305 e. The first-order valence-corrected chi connectivity index (χ1v) is 35.1. The Bertz CT molecular complexity index is 1200. The Morgan fingerprint density at radius 3 is 0.922 bits per heavy atom. The van der Waals surface area contributed by atoms with Gasteiger partial charge in [-0.3, -0.25) is 9.59 Å². The number of aliphatic hydroxyl groups excluding tert-OH is 2. The molecule has 0 rings (SSSR count). The normalized spacial score (nSPS) is 12.6. The van der Waals surface area contributed by atoms with E-state index in [1.165, 1.54) is 308 Å². The zero-order chi connectivity index (χ0) is 55.7. The van der Waals surface area contributed by atoms with E-state index in [9.17, 15) is 19.8 Å². The van der Waals surface area contributed by atoms with Gasteiger partial charge in [-0.15, -0.1) is 0 Å². The maximum atomic E-state index is 12.5. The predicted octanol–water partition coefficient (Wildman–Crippen LogP) is 22.5. The van der Waals surface area contributed by atoms with Gasteiger partial charge in [0.05, 0.1) is 25.4 Å². The summed E-state index contributed by atoms with van der Waals surface area (Å²) in [5.41, 5.74) is 0. The molecule has 0 heterocycles. The summed E-state index contributed by atoms with van der Waals surface area (Å²) in [4.78, 5) is 24.6. The van der Waals surface area contributed by atoms with Crippen molar-refractivity contribution in [2.45, 2.75) is 405 Å². The molecule has 2 unspecified atom stereocenters. The second-order valence-electron chi connectivity index (χ2n) is 24.2. The van der Waals surface area contributed by atoms with Gasteiger partial charge in [0.25, 0.3) is 0 Å². The van der Waals surface area contributed by atoms with Crippen molar-refractivity contribution in [1.29, 1.82) is 0 Å². The molecule has 0 aromatic rings. The van der Waals surface area contributed by atoms with Crippen molar-refractivity contribution in [3.8, 4) is 0 Å². The molecule has 0 aromatic carbocycles. The van der Waals surface area contributed by atoms with Crippen molar-refractivity contribution in [3.05, 3.63) is 24.3 Å². The van der Waals surface area contributed by atoms with Gasteiger partial charge < -0.3 is 20.3 Å². The summed E-state index contributed by atoms with van der Waals surface area (Å²) in [5.74, 6) is -0.0704. The second kappa shape index (κ2) is 66.8. The van der Waals surface area contributed by atoms with Crippen LogP contribution in [0.5, 0.6) is 0 Å². The molecular formula is C71H137NO5. The van der Waals surface area contributed by atoms with Gasteiger partial charge in [0.15, 0.2) is 0 Å². The van der Waals surface area contributed by atoms with E-state index < -0.39 is 12.1 Å². The van der Waals surface area contributed by atoms with Gasteiger partial charge in [0, 0.05) is 12.8 Å². The highest BCUT2D eigenvalue weighted by molar-refractivity contribution is 5.76. The Morgan fingerprint density at radius 2 is 0.610 bits per heavy atom. The van der Waals surface area contributed by atoms with E-state index in [0.717, 1.165) is 57.8 Å². The number of carbonyl (C=O) groups excluding carboxylic acids is 2. The van der Waals surface area contributed by atoms with Crippen LogP contribution in [0, 0.1) is 0 Å². The number of hydrogen-bond acceptors (Lipinski definition) is 5. The lowest BCUT2D eigenvalue weighted by Crippen LogP contribution is -2.45. The van der Waals surface area contributed by atoms with Crippen molar-refractivity contribution in [3.63, 3.8) is 0 Å². The van der Waals surface area contributed by atoms with E-state index in [2.05, 4.69) is 31.3 Å². The molecule has 0 saturated carbocycles. The zero-order valence-electron chi connectivity index (χ0n) is 52.2. The topological polar surface area (TPSA) is 95.9 Å². The minimum absolute atomic E-state index is 0.00753. The molecule has 2 atom stereocenters. The Hall–Kier alpha value is -1.66. The predicted molar refractivity (Wildman–Crippen MR) is 338 cm³/mol. The molecule has 0 radical (unpaired) electrons. The van der Waals surface area contributed by atoms with Crippen molar-refractivity contribution in [2.24, 2.45) is 0 Å². The Morgan fingerprint density at radius 1 is 0.351 bits per heavy atom. The third-order valence-electron chi connectivity index (χ3n) is 16.5. The summed E-state index contributed by atoms with van der Waals surface area (Å²) in [6.45, 7) is 4.93. The molecule has 0 aliphatic rings. The molecule has 6 nitrogen and oxygen atoms in total. The molecule has 6 heteroatoms. The summed E-state index contributed by atoms with van der Waals surface area (Å²) in [6, 6.07) is -0.639. The van der Waals surface area contributed by atoms with Gasteiger partial charge in [-0.25, -0.2) is 0 Å². The first kappa shape index (κ1) is 75.3. The lowest BCUT2D eigenvalue weighted by atomic mass is 10.0.